The lowest BCUT2D eigenvalue weighted by molar-refractivity contribution is -0.113. The molecule has 0 fully saturated rings. The molecular formula is C14H14Cl2N4OS. The van der Waals surface area contributed by atoms with Crippen LogP contribution in [-0.4, -0.2) is 26.4 Å². The molecule has 0 aliphatic carbocycles. The van der Waals surface area contributed by atoms with E-state index in [9.17, 15) is 4.79 Å². The Morgan fingerprint density at radius 2 is 2.18 bits per heavy atom. The van der Waals surface area contributed by atoms with Crippen LogP contribution in [-0.2, 0) is 11.3 Å². The summed E-state index contributed by atoms with van der Waals surface area (Å²) in [7, 11) is 0. The number of nitrogens with zero attached hydrogens (tertiary/aromatic N) is 3. The molecule has 2 rings (SSSR count). The van der Waals surface area contributed by atoms with Crippen molar-refractivity contribution in [2.24, 2.45) is 0 Å². The first-order chi connectivity index (χ1) is 10.5. The highest BCUT2D eigenvalue weighted by molar-refractivity contribution is 7.99. The molecule has 0 unspecified atom stereocenters. The van der Waals surface area contributed by atoms with Gasteiger partial charge >= 0.3 is 0 Å². The summed E-state index contributed by atoms with van der Waals surface area (Å²) < 4.78 is 1.89. The van der Waals surface area contributed by atoms with Crippen LogP contribution in [0.4, 0.5) is 5.69 Å². The number of aromatic nitrogens is 3. The van der Waals surface area contributed by atoms with Crippen LogP contribution in [0.2, 0.25) is 10.0 Å². The highest BCUT2D eigenvalue weighted by atomic mass is 35.5. The number of rotatable bonds is 6. The molecule has 0 aliphatic rings. The number of hydrogen-bond acceptors (Lipinski definition) is 4. The third kappa shape index (κ3) is 4.25. The lowest BCUT2D eigenvalue weighted by Crippen LogP contribution is -2.14. The number of nitrogens with one attached hydrogen (secondary N) is 1. The SMILES string of the molecule is C=CCn1c(C)nnc1SCC(=O)Nc1ccc(Cl)c(Cl)c1. The minimum atomic E-state index is -0.158. The van der Waals surface area contributed by atoms with E-state index in [0.29, 0.717) is 27.4 Å². The number of thioether (sulfide) groups is 1. The standard InChI is InChI=1S/C14H14Cl2N4OS/c1-3-6-20-9(2)18-19-14(20)22-8-13(21)17-10-4-5-11(15)12(16)7-10/h3-5,7H,1,6,8H2,2H3,(H,17,21). The molecule has 0 saturated carbocycles. The Kier molecular flexibility index (Phi) is 5.88. The van der Waals surface area contributed by atoms with Crippen molar-refractivity contribution < 1.29 is 4.79 Å². The van der Waals surface area contributed by atoms with Gasteiger partial charge in [-0.05, 0) is 25.1 Å². The van der Waals surface area contributed by atoms with Gasteiger partial charge in [-0.25, -0.2) is 0 Å². The van der Waals surface area contributed by atoms with Crippen LogP contribution < -0.4 is 5.32 Å². The molecule has 8 heteroatoms. The minimum Gasteiger partial charge on any atom is -0.325 e. The van der Waals surface area contributed by atoms with Crippen molar-refractivity contribution in [1.29, 1.82) is 0 Å². The molecule has 22 heavy (non-hydrogen) atoms. The molecule has 1 aromatic carbocycles. The Morgan fingerprint density at radius 3 is 2.86 bits per heavy atom. The van der Waals surface area contributed by atoms with Gasteiger partial charge in [0.25, 0.3) is 0 Å². The smallest absolute Gasteiger partial charge is 0.234 e. The third-order valence-electron chi connectivity index (χ3n) is 2.75. The Balaban J connectivity index is 1.95. The number of halogens is 2. The zero-order valence-corrected chi connectivity index (χ0v) is 14.2. The van der Waals surface area contributed by atoms with Gasteiger partial charge in [0.1, 0.15) is 5.82 Å². The first-order valence-electron chi connectivity index (χ1n) is 6.39. The van der Waals surface area contributed by atoms with E-state index in [-0.39, 0.29) is 11.7 Å². The van der Waals surface area contributed by atoms with Crippen LogP contribution in [0.5, 0.6) is 0 Å². The number of benzene rings is 1. The summed E-state index contributed by atoms with van der Waals surface area (Å²) >= 11 is 13.1. The fourth-order valence-corrected chi connectivity index (χ4v) is 2.80. The molecular weight excluding hydrogens is 343 g/mol. The van der Waals surface area contributed by atoms with Crippen LogP contribution in [0, 0.1) is 6.92 Å². The van der Waals surface area contributed by atoms with Crippen molar-refractivity contribution in [3.63, 3.8) is 0 Å². The number of amides is 1. The van der Waals surface area contributed by atoms with E-state index in [4.69, 9.17) is 23.2 Å². The number of anilines is 1. The van der Waals surface area contributed by atoms with Gasteiger partial charge in [-0.1, -0.05) is 41.0 Å². The Labute approximate surface area is 142 Å². The quantitative estimate of drug-likeness (QED) is 0.631. The molecule has 1 N–H and O–H groups in total. The van der Waals surface area contributed by atoms with Crippen molar-refractivity contribution in [2.75, 3.05) is 11.1 Å². The summed E-state index contributed by atoms with van der Waals surface area (Å²) in [5.41, 5.74) is 0.601. The minimum absolute atomic E-state index is 0.158. The maximum Gasteiger partial charge on any atom is 0.234 e. The van der Waals surface area contributed by atoms with E-state index < -0.39 is 0 Å². The Bertz CT molecular complexity index is 702. The van der Waals surface area contributed by atoms with Gasteiger partial charge < -0.3 is 9.88 Å². The fourth-order valence-electron chi connectivity index (χ4n) is 1.71. The number of aryl methyl sites for hydroxylation is 1. The zero-order chi connectivity index (χ0) is 16.1. The molecule has 116 valence electrons. The van der Waals surface area contributed by atoms with E-state index >= 15 is 0 Å². The first kappa shape index (κ1) is 16.9. The van der Waals surface area contributed by atoms with Crippen LogP contribution in [0.1, 0.15) is 5.82 Å². The highest BCUT2D eigenvalue weighted by Crippen LogP contribution is 2.25. The average Bonchev–Trinajstić information content (AvgIpc) is 2.82. The van der Waals surface area contributed by atoms with Gasteiger partial charge in [-0.15, -0.1) is 16.8 Å². The van der Waals surface area contributed by atoms with Gasteiger partial charge in [0.2, 0.25) is 5.91 Å². The molecule has 0 atom stereocenters. The van der Waals surface area contributed by atoms with Gasteiger partial charge in [-0.3, -0.25) is 4.79 Å². The second-order valence-electron chi connectivity index (χ2n) is 4.39. The first-order valence-corrected chi connectivity index (χ1v) is 8.14. The molecule has 5 nitrogen and oxygen atoms in total. The molecule has 1 heterocycles. The van der Waals surface area contributed by atoms with Crippen LogP contribution in [0.15, 0.2) is 36.0 Å². The average molecular weight is 357 g/mol. The van der Waals surface area contributed by atoms with Gasteiger partial charge in [0, 0.05) is 12.2 Å². The van der Waals surface area contributed by atoms with Crippen molar-refractivity contribution in [2.45, 2.75) is 18.6 Å². The maximum atomic E-state index is 12.0. The fraction of sp³-hybridized carbons (Fsp3) is 0.214. The van der Waals surface area contributed by atoms with Crippen molar-refractivity contribution in [1.82, 2.24) is 14.8 Å². The van der Waals surface area contributed by atoms with Crippen molar-refractivity contribution >= 4 is 46.6 Å². The topological polar surface area (TPSA) is 59.8 Å². The zero-order valence-electron chi connectivity index (χ0n) is 11.8. The second kappa shape index (κ2) is 7.67. The monoisotopic (exact) mass is 356 g/mol. The van der Waals surface area contributed by atoms with E-state index in [1.54, 1.807) is 24.3 Å². The summed E-state index contributed by atoms with van der Waals surface area (Å²) in [6, 6.07) is 4.94. The van der Waals surface area contributed by atoms with Gasteiger partial charge in [0.05, 0.1) is 15.8 Å². The summed E-state index contributed by atoms with van der Waals surface area (Å²) in [6.07, 6.45) is 1.76. The summed E-state index contributed by atoms with van der Waals surface area (Å²) in [5.74, 6) is 0.844. The molecule has 0 saturated heterocycles. The maximum absolute atomic E-state index is 12.0. The summed E-state index contributed by atoms with van der Waals surface area (Å²) in [6.45, 7) is 6.16. The number of hydrogen-bond donors (Lipinski definition) is 1. The van der Waals surface area contributed by atoms with Crippen LogP contribution in [0.25, 0.3) is 0 Å². The van der Waals surface area contributed by atoms with E-state index in [1.807, 2.05) is 11.5 Å². The third-order valence-corrected chi connectivity index (χ3v) is 4.45. The van der Waals surface area contributed by atoms with E-state index in [1.165, 1.54) is 11.8 Å². The predicted octanol–water partition coefficient (Wildman–Crippen LogP) is 3.81. The Morgan fingerprint density at radius 1 is 1.41 bits per heavy atom. The van der Waals surface area contributed by atoms with Gasteiger partial charge in [0.15, 0.2) is 5.16 Å². The van der Waals surface area contributed by atoms with E-state index in [2.05, 4.69) is 22.1 Å². The molecule has 0 aliphatic heterocycles. The summed E-state index contributed by atoms with van der Waals surface area (Å²) in [4.78, 5) is 12.0. The second-order valence-corrected chi connectivity index (χ2v) is 6.15. The lowest BCUT2D eigenvalue weighted by Gasteiger charge is -2.07. The number of allylic oxidation sites excluding steroid dienone is 1. The summed E-state index contributed by atoms with van der Waals surface area (Å²) in [5, 5.41) is 12.3. The molecule has 2 aromatic rings. The highest BCUT2D eigenvalue weighted by Gasteiger charge is 2.11. The molecule has 1 amide bonds. The van der Waals surface area contributed by atoms with Crippen molar-refractivity contribution in [3.05, 3.63) is 46.7 Å². The van der Waals surface area contributed by atoms with Crippen LogP contribution >= 0.6 is 35.0 Å². The predicted molar refractivity (Wildman–Crippen MR) is 90.8 cm³/mol. The Hall–Kier alpha value is -1.50. The molecule has 0 spiro atoms. The number of carbonyl (C=O) groups excluding carboxylic acids is 1. The normalized spacial score (nSPS) is 10.5. The molecule has 0 radical (unpaired) electrons. The number of carbonyl (C=O) groups is 1. The van der Waals surface area contributed by atoms with Crippen molar-refractivity contribution in [3.8, 4) is 0 Å². The molecule has 0 bridgehead atoms. The van der Waals surface area contributed by atoms with E-state index in [0.717, 1.165) is 5.82 Å². The largest absolute Gasteiger partial charge is 0.325 e. The van der Waals surface area contributed by atoms with Gasteiger partial charge in [-0.2, -0.15) is 0 Å². The molecule has 1 aromatic heterocycles. The lowest BCUT2D eigenvalue weighted by atomic mass is 10.3. The van der Waals surface area contributed by atoms with Crippen LogP contribution in [0.3, 0.4) is 0 Å².